The fourth-order valence-corrected chi connectivity index (χ4v) is 7.43. The van der Waals surface area contributed by atoms with Crippen molar-refractivity contribution in [2.75, 3.05) is 0 Å². The predicted molar refractivity (Wildman–Crippen MR) is 211 cm³/mol. The molecule has 1 aromatic rings. The summed E-state index contributed by atoms with van der Waals surface area (Å²) in [7, 11) is 0. The van der Waals surface area contributed by atoms with Gasteiger partial charge in [0, 0.05) is 0 Å². The molecule has 48 heavy (non-hydrogen) atoms. The molecular formula is C45H82O3. The molecule has 1 rings (SSSR count). The van der Waals surface area contributed by atoms with E-state index >= 15 is 0 Å². The summed E-state index contributed by atoms with van der Waals surface area (Å²) in [5.41, 5.74) is 2.12. The van der Waals surface area contributed by atoms with E-state index in [9.17, 15) is 15.0 Å². The van der Waals surface area contributed by atoms with Crippen LogP contribution in [-0.4, -0.2) is 16.2 Å². The number of carboxylic acid groups (broad SMARTS) is 1. The molecule has 2 N–H and O–H groups in total. The Bertz CT molecular complexity index is 847. The van der Waals surface area contributed by atoms with Crippen molar-refractivity contribution in [2.24, 2.45) is 0 Å². The van der Waals surface area contributed by atoms with Gasteiger partial charge in [-0.25, -0.2) is 4.79 Å². The zero-order chi connectivity index (χ0) is 34.8. The van der Waals surface area contributed by atoms with E-state index in [1.54, 1.807) is 6.07 Å². The number of carboxylic acids is 1. The lowest BCUT2D eigenvalue weighted by Crippen LogP contribution is -2.03. The van der Waals surface area contributed by atoms with Gasteiger partial charge in [0.25, 0.3) is 0 Å². The number of rotatable bonds is 37. The second kappa shape index (κ2) is 34.0. The first-order valence-electron chi connectivity index (χ1n) is 21.7. The van der Waals surface area contributed by atoms with Crippen molar-refractivity contribution in [3.05, 3.63) is 28.8 Å². The third kappa shape index (κ3) is 25.5. The summed E-state index contributed by atoms with van der Waals surface area (Å²) in [6, 6.07) is 3.58. The SMILES string of the molecule is CCCCCCCCCCCCCCCCCCCc1ccc(C(=O)O)c(O)c1CCCCCCCCCCCCCCCCCCC. The summed E-state index contributed by atoms with van der Waals surface area (Å²) in [4.78, 5) is 11.7. The molecule has 0 aliphatic heterocycles. The molecule has 0 fully saturated rings. The van der Waals surface area contributed by atoms with Gasteiger partial charge in [-0.2, -0.15) is 0 Å². The van der Waals surface area contributed by atoms with Crippen LogP contribution in [0.25, 0.3) is 0 Å². The van der Waals surface area contributed by atoms with Crippen LogP contribution in [0.15, 0.2) is 12.1 Å². The Hall–Kier alpha value is -1.51. The van der Waals surface area contributed by atoms with E-state index in [1.807, 2.05) is 6.07 Å². The van der Waals surface area contributed by atoms with E-state index < -0.39 is 5.97 Å². The van der Waals surface area contributed by atoms with Crippen molar-refractivity contribution < 1.29 is 15.0 Å². The maximum absolute atomic E-state index is 11.7. The number of aromatic carboxylic acids is 1. The molecule has 3 nitrogen and oxygen atoms in total. The molecule has 0 saturated heterocycles. The average molecular weight is 671 g/mol. The van der Waals surface area contributed by atoms with Crippen LogP contribution in [0.1, 0.15) is 254 Å². The summed E-state index contributed by atoms with van der Waals surface area (Å²) in [5, 5.41) is 20.4. The van der Waals surface area contributed by atoms with E-state index in [0.29, 0.717) is 0 Å². The van der Waals surface area contributed by atoms with Crippen molar-refractivity contribution in [1.82, 2.24) is 0 Å². The molecule has 0 atom stereocenters. The van der Waals surface area contributed by atoms with Gasteiger partial charge in [0.05, 0.1) is 0 Å². The minimum atomic E-state index is -1.03. The number of unbranched alkanes of at least 4 members (excludes halogenated alkanes) is 32. The highest BCUT2D eigenvalue weighted by molar-refractivity contribution is 5.91. The zero-order valence-corrected chi connectivity index (χ0v) is 32.4. The van der Waals surface area contributed by atoms with E-state index in [2.05, 4.69) is 13.8 Å². The van der Waals surface area contributed by atoms with Gasteiger partial charge in [0.2, 0.25) is 0 Å². The lowest BCUT2D eigenvalue weighted by molar-refractivity contribution is 0.0693. The number of phenols is 1. The highest BCUT2D eigenvalue weighted by Gasteiger charge is 2.16. The Morgan fingerprint density at radius 2 is 0.688 bits per heavy atom. The lowest BCUT2D eigenvalue weighted by Gasteiger charge is -2.14. The smallest absolute Gasteiger partial charge is 0.339 e. The van der Waals surface area contributed by atoms with Crippen LogP contribution >= 0.6 is 0 Å². The van der Waals surface area contributed by atoms with Crippen molar-refractivity contribution >= 4 is 5.97 Å². The summed E-state index contributed by atoms with van der Waals surface area (Å²) in [6.07, 6.45) is 48.0. The average Bonchev–Trinajstić information content (AvgIpc) is 3.08. The fraction of sp³-hybridized carbons (Fsp3) is 0.844. The van der Waals surface area contributed by atoms with E-state index in [-0.39, 0.29) is 11.3 Å². The van der Waals surface area contributed by atoms with Crippen molar-refractivity contribution in [1.29, 1.82) is 0 Å². The van der Waals surface area contributed by atoms with Gasteiger partial charge in [0.15, 0.2) is 0 Å². The maximum Gasteiger partial charge on any atom is 0.339 e. The van der Waals surface area contributed by atoms with Gasteiger partial charge >= 0.3 is 5.97 Å². The third-order valence-corrected chi connectivity index (χ3v) is 10.7. The Labute approximate surface area is 299 Å². The molecule has 0 aliphatic carbocycles. The summed E-state index contributed by atoms with van der Waals surface area (Å²) >= 11 is 0. The summed E-state index contributed by atoms with van der Waals surface area (Å²) in [5.74, 6) is -1.01. The minimum absolute atomic E-state index is 0.0171. The van der Waals surface area contributed by atoms with E-state index in [4.69, 9.17) is 0 Å². The fourth-order valence-electron chi connectivity index (χ4n) is 7.43. The molecule has 0 unspecified atom stereocenters. The Morgan fingerprint density at radius 1 is 0.417 bits per heavy atom. The van der Waals surface area contributed by atoms with Crippen LogP contribution in [0.3, 0.4) is 0 Å². The Morgan fingerprint density at radius 3 is 0.979 bits per heavy atom. The topological polar surface area (TPSA) is 57.5 Å². The van der Waals surface area contributed by atoms with Gasteiger partial charge in [-0.1, -0.05) is 225 Å². The van der Waals surface area contributed by atoms with E-state index in [1.165, 1.54) is 199 Å². The number of hydrogen-bond acceptors (Lipinski definition) is 2. The molecule has 0 aliphatic rings. The Kier molecular flexibility index (Phi) is 31.5. The molecule has 0 saturated carbocycles. The number of benzene rings is 1. The normalized spacial score (nSPS) is 11.5. The molecule has 280 valence electrons. The first-order valence-corrected chi connectivity index (χ1v) is 21.7. The monoisotopic (exact) mass is 671 g/mol. The third-order valence-electron chi connectivity index (χ3n) is 10.7. The zero-order valence-electron chi connectivity index (χ0n) is 32.4. The highest BCUT2D eigenvalue weighted by atomic mass is 16.4. The van der Waals surface area contributed by atoms with Crippen LogP contribution in [0.5, 0.6) is 5.75 Å². The molecule has 0 aromatic heterocycles. The molecule has 0 amide bonds. The van der Waals surface area contributed by atoms with Gasteiger partial charge in [-0.05, 0) is 42.9 Å². The van der Waals surface area contributed by atoms with E-state index in [0.717, 1.165) is 43.2 Å². The first kappa shape index (κ1) is 44.5. The summed E-state index contributed by atoms with van der Waals surface area (Å²) in [6.45, 7) is 4.58. The lowest BCUT2D eigenvalue weighted by atomic mass is 9.93. The maximum atomic E-state index is 11.7. The van der Waals surface area contributed by atoms with Gasteiger partial charge in [-0.3, -0.25) is 0 Å². The quantitative estimate of drug-likeness (QED) is 0.0693. The number of aryl methyl sites for hydroxylation is 1. The van der Waals surface area contributed by atoms with Crippen LogP contribution in [0, 0.1) is 0 Å². The largest absolute Gasteiger partial charge is 0.507 e. The van der Waals surface area contributed by atoms with Gasteiger partial charge < -0.3 is 10.2 Å². The second-order valence-corrected chi connectivity index (χ2v) is 15.2. The van der Waals surface area contributed by atoms with Crippen LogP contribution in [0.2, 0.25) is 0 Å². The van der Waals surface area contributed by atoms with Crippen LogP contribution < -0.4 is 0 Å². The standard InChI is InChI=1S/C45H82O3/c1-3-5-7-9-11-13-15-17-19-21-23-25-27-29-31-33-35-37-41-39-40-43(45(47)48)44(46)42(41)38-36-34-32-30-28-26-24-22-20-18-16-14-12-10-8-6-4-2/h39-40,46H,3-38H2,1-2H3,(H,47,48). The van der Waals surface area contributed by atoms with Crippen molar-refractivity contribution in [2.45, 2.75) is 245 Å². The number of carbonyl (C=O) groups is 1. The summed E-state index contributed by atoms with van der Waals surface area (Å²) < 4.78 is 0. The van der Waals surface area contributed by atoms with Crippen molar-refractivity contribution in [3.63, 3.8) is 0 Å². The minimum Gasteiger partial charge on any atom is -0.507 e. The van der Waals surface area contributed by atoms with Gasteiger partial charge in [-0.15, -0.1) is 0 Å². The van der Waals surface area contributed by atoms with Crippen LogP contribution in [-0.2, 0) is 12.8 Å². The Balaban J connectivity index is 2.10. The van der Waals surface area contributed by atoms with Crippen LogP contribution in [0.4, 0.5) is 0 Å². The molecule has 0 spiro atoms. The van der Waals surface area contributed by atoms with Gasteiger partial charge in [0.1, 0.15) is 11.3 Å². The predicted octanol–water partition coefficient (Wildman–Crippen LogP) is 15.5. The van der Waals surface area contributed by atoms with Crippen molar-refractivity contribution in [3.8, 4) is 5.75 Å². The first-order chi connectivity index (χ1) is 23.6. The second-order valence-electron chi connectivity index (χ2n) is 15.2. The molecule has 0 bridgehead atoms. The highest BCUT2D eigenvalue weighted by Crippen LogP contribution is 2.30. The number of aromatic hydroxyl groups is 1. The molecule has 0 heterocycles. The molecule has 3 heteroatoms. The molecular weight excluding hydrogens is 588 g/mol. The number of hydrogen-bond donors (Lipinski definition) is 2. The molecule has 1 aromatic carbocycles. The molecule has 0 radical (unpaired) electrons.